The fourth-order valence-corrected chi connectivity index (χ4v) is 2.43. The second-order valence-corrected chi connectivity index (χ2v) is 5.56. The van der Waals surface area contributed by atoms with E-state index in [2.05, 4.69) is 52.5 Å². The molecule has 0 fully saturated rings. The van der Waals surface area contributed by atoms with Crippen molar-refractivity contribution in [2.24, 2.45) is 0 Å². The number of hydrogen-bond donors (Lipinski definition) is 2. The van der Waals surface area contributed by atoms with Crippen LogP contribution in [-0.2, 0) is 0 Å². The molecule has 2 N–H and O–H groups in total. The predicted molar refractivity (Wildman–Crippen MR) is 86.1 cm³/mol. The van der Waals surface area contributed by atoms with Gasteiger partial charge in [-0.3, -0.25) is 0 Å². The van der Waals surface area contributed by atoms with Crippen molar-refractivity contribution in [1.29, 1.82) is 0 Å². The van der Waals surface area contributed by atoms with E-state index in [0.29, 0.717) is 0 Å². The molecule has 0 atom stereocenters. The molecule has 1 heterocycles. The number of rotatable bonds is 4. The standard InChI is InChI=1S/C13H14Br2N4/c1-3-16-12-11(15)13(18-7-17-12)19-9-6-4-5-8(2)10(9)14/h4-7H,3H2,1-2H3,(H2,16,17,18,19). The minimum absolute atomic E-state index is 0.734. The number of nitrogens with zero attached hydrogens (tertiary/aromatic N) is 2. The Morgan fingerprint density at radius 3 is 2.58 bits per heavy atom. The van der Waals surface area contributed by atoms with Gasteiger partial charge < -0.3 is 10.6 Å². The number of hydrogen-bond acceptors (Lipinski definition) is 4. The fourth-order valence-electron chi connectivity index (χ4n) is 1.62. The fraction of sp³-hybridized carbons (Fsp3) is 0.231. The van der Waals surface area contributed by atoms with E-state index in [1.807, 2.05) is 32.0 Å². The van der Waals surface area contributed by atoms with Crippen molar-refractivity contribution in [2.45, 2.75) is 13.8 Å². The smallest absolute Gasteiger partial charge is 0.150 e. The summed E-state index contributed by atoms with van der Waals surface area (Å²) < 4.78 is 1.86. The van der Waals surface area contributed by atoms with E-state index in [4.69, 9.17) is 0 Å². The molecule has 0 amide bonds. The van der Waals surface area contributed by atoms with Crippen molar-refractivity contribution >= 4 is 49.2 Å². The molecule has 2 rings (SSSR count). The first-order valence-corrected chi connectivity index (χ1v) is 7.48. The number of aromatic nitrogens is 2. The van der Waals surface area contributed by atoms with Gasteiger partial charge in [-0.2, -0.15) is 0 Å². The second kappa shape index (κ2) is 6.34. The van der Waals surface area contributed by atoms with Gasteiger partial charge in [0.05, 0.1) is 5.69 Å². The van der Waals surface area contributed by atoms with Gasteiger partial charge in [0.1, 0.15) is 22.4 Å². The molecule has 1 aromatic heterocycles. The normalized spacial score (nSPS) is 10.3. The molecule has 0 spiro atoms. The van der Waals surface area contributed by atoms with Gasteiger partial charge in [0.25, 0.3) is 0 Å². The van der Waals surface area contributed by atoms with Gasteiger partial charge in [0, 0.05) is 11.0 Å². The first kappa shape index (κ1) is 14.3. The van der Waals surface area contributed by atoms with E-state index in [1.165, 1.54) is 11.9 Å². The molecular weight excluding hydrogens is 372 g/mol. The lowest BCUT2D eigenvalue weighted by Crippen LogP contribution is -2.04. The van der Waals surface area contributed by atoms with Crippen LogP contribution in [-0.4, -0.2) is 16.5 Å². The van der Waals surface area contributed by atoms with Gasteiger partial charge in [-0.25, -0.2) is 9.97 Å². The zero-order valence-electron chi connectivity index (χ0n) is 10.7. The lowest BCUT2D eigenvalue weighted by Gasteiger charge is -2.12. The van der Waals surface area contributed by atoms with Crippen LogP contribution in [0.15, 0.2) is 33.5 Å². The summed E-state index contributed by atoms with van der Waals surface area (Å²) in [6, 6.07) is 6.05. The molecule has 19 heavy (non-hydrogen) atoms. The average molecular weight is 386 g/mol. The highest BCUT2D eigenvalue weighted by Crippen LogP contribution is 2.32. The molecule has 2 aromatic rings. The summed E-state index contributed by atoms with van der Waals surface area (Å²) in [5, 5.41) is 6.47. The molecule has 0 saturated carbocycles. The Kier molecular flexibility index (Phi) is 4.76. The minimum atomic E-state index is 0.734. The molecule has 0 aliphatic heterocycles. The molecule has 0 radical (unpaired) electrons. The van der Waals surface area contributed by atoms with Gasteiger partial charge in [-0.15, -0.1) is 0 Å². The highest BCUT2D eigenvalue weighted by atomic mass is 79.9. The van der Waals surface area contributed by atoms with Crippen LogP contribution >= 0.6 is 31.9 Å². The minimum Gasteiger partial charge on any atom is -0.369 e. The molecule has 0 unspecified atom stereocenters. The van der Waals surface area contributed by atoms with Crippen LogP contribution in [0, 0.1) is 6.92 Å². The van der Waals surface area contributed by atoms with Gasteiger partial charge >= 0.3 is 0 Å². The maximum Gasteiger partial charge on any atom is 0.150 e. The third-order valence-corrected chi connectivity index (χ3v) is 4.38. The van der Waals surface area contributed by atoms with Crippen LogP contribution in [0.2, 0.25) is 0 Å². The topological polar surface area (TPSA) is 49.8 Å². The van der Waals surface area contributed by atoms with Crippen LogP contribution < -0.4 is 10.6 Å². The summed E-state index contributed by atoms with van der Waals surface area (Å²) in [4.78, 5) is 8.45. The van der Waals surface area contributed by atoms with E-state index in [0.717, 1.165) is 32.8 Å². The zero-order valence-corrected chi connectivity index (χ0v) is 13.8. The van der Waals surface area contributed by atoms with Crippen LogP contribution in [0.4, 0.5) is 17.3 Å². The molecule has 6 heteroatoms. The molecule has 0 aliphatic carbocycles. The van der Waals surface area contributed by atoms with Gasteiger partial charge in [-0.05, 0) is 57.3 Å². The van der Waals surface area contributed by atoms with Crippen LogP contribution in [0.25, 0.3) is 0 Å². The Labute approximate surface area is 129 Å². The molecular formula is C13H14Br2N4. The van der Waals surface area contributed by atoms with Crippen molar-refractivity contribution in [3.8, 4) is 0 Å². The van der Waals surface area contributed by atoms with E-state index >= 15 is 0 Å². The average Bonchev–Trinajstić information content (AvgIpc) is 2.40. The highest BCUT2D eigenvalue weighted by Gasteiger charge is 2.10. The summed E-state index contributed by atoms with van der Waals surface area (Å²) in [5.41, 5.74) is 2.14. The van der Waals surface area contributed by atoms with E-state index in [1.54, 1.807) is 0 Å². The van der Waals surface area contributed by atoms with Gasteiger partial charge in [0.15, 0.2) is 0 Å². The quantitative estimate of drug-likeness (QED) is 0.814. The maximum atomic E-state index is 4.26. The first-order chi connectivity index (χ1) is 9.13. The Hall–Kier alpha value is -1.14. The van der Waals surface area contributed by atoms with E-state index in [-0.39, 0.29) is 0 Å². The largest absolute Gasteiger partial charge is 0.369 e. The van der Waals surface area contributed by atoms with Gasteiger partial charge in [-0.1, -0.05) is 12.1 Å². The molecule has 0 saturated heterocycles. The van der Waals surface area contributed by atoms with Crippen LogP contribution in [0.1, 0.15) is 12.5 Å². The van der Waals surface area contributed by atoms with E-state index < -0.39 is 0 Å². The van der Waals surface area contributed by atoms with Crippen molar-refractivity contribution in [3.63, 3.8) is 0 Å². The number of nitrogens with one attached hydrogen (secondary N) is 2. The van der Waals surface area contributed by atoms with E-state index in [9.17, 15) is 0 Å². The molecule has 100 valence electrons. The van der Waals surface area contributed by atoms with Crippen molar-refractivity contribution < 1.29 is 0 Å². The molecule has 0 aliphatic rings. The third-order valence-electron chi connectivity index (χ3n) is 2.58. The van der Waals surface area contributed by atoms with Gasteiger partial charge in [0.2, 0.25) is 0 Å². The molecule has 1 aromatic carbocycles. The number of benzene rings is 1. The number of anilines is 3. The van der Waals surface area contributed by atoms with Crippen molar-refractivity contribution in [3.05, 3.63) is 39.0 Å². The summed E-state index contributed by atoms with van der Waals surface area (Å²) in [5.74, 6) is 1.51. The third kappa shape index (κ3) is 3.25. The Morgan fingerprint density at radius 2 is 1.84 bits per heavy atom. The van der Waals surface area contributed by atoms with Crippen LogP contribution in [0.5, 0.6) is 0 Å². The SMILES string of the molecule is CCNc1ncnc(Nc2cccc(C)c2Br)c1Br. The second-order valence-electron chi connectivity index (χ2n) is 3.98. The lowest BCUT2D eigenvalue weighted by molar-refractivity contribution is 1.10. The predicted octanol–water partition coefficient (Wildman–Crippen LogP) is 4.49. The Morgan fingerprint density at radius 1 is 1.11 bits per heavy atom. The first-order valence-electron chi connectivity index (χ1n) is 5.90. The summed E-state index contributed by atoms with van der Waals surface area (Å²) in [7, 11) is 0. The van der Waals surface area contributed by atoms with Crippen LogP contribution in [0.3, 0.4) is 0 Å². The maximum absolute atomic E-state index is 4.26. The highest BCUT2D eigenvalue weighted by molar-refractivity contribution is 9.11. The zero-order chi connectivity index (χ0) is 13.8. The Balaban J connectivity index is 2.33. The van der Waals surface area contributed by atoms with Crippen molar-refractivity contribution in [1.82, 2.24) is 9.97 Å². The summed E-state index contributed by atoms with van der Waals surface area (Å²) >= 11 is 7.09. The number of aryl methyl sites for hydroxylation is 1. The number of halogens is 2. The lowest BCUT2D eigenvalue weighted by atomic mass is 10.2. The summed E-state index contributed by atoms with van der Waals surface area (Å²) in [6.45, 7) is 4.89. The monoisotopic (exact) mass is 384 g/mol. The Bertz CT molecular complexity index is 587. The molecule has 4 nitrogen and oxygen atoms in total. The summed E-state index contributed by atoms with van der Waals surface area (Å²) in [6.07, 6.45) is 1.54. The van der Waals surface area contributed by atoms with Crippen molar-refractivity contribution in [2.75, 3.05) is 17.2 Å². The molecule has 0 bridgehead atoms.